The van der Waals surface area contributed by atoms with Crippen LogP contribution in [0.1, 0.15) is 47.4 Å². The van der Waals surface area contributed by atoms with Crippen LogP contribution in [-0.2, 0) is 4.79 Å². The van der Waals surface area contributed by atoms with Crippen molar-refractivity contribution in [3.63, 3.8) is 0 Å². The summed E-state index contributed by atoms with van der Waals surface area (Å²) in [5.74, 6) is 1.28. The Morgan fingerprint density at radius 2 is 2.23 bits per heavy atom. The van der Waals surface area contributed by atoms with Crippen LogP contribution in [-0.4, -0.2) is 11.4 Å². The lowest BCUT2D eigenvalue weighted by molar-refractivity contribution is -0.125. The average Bonchev–Trinajstić information content (AvgIpc) is 2.93. The molecule has 2 heteroatoms. The molecule has 2 saturated carbocycles. The van der Waals surface area contributed by atoms with Gasteiger partial charge in [-0.3, -0.25) is 4.79 Å². The zero-order valence-electron chi connectivity index (χ0n) is 8.60. The van der Waals surface area contributed by atoms with E-state index in [1.165, 1.54) is 25.7 Å². The van der Waals surface area contributed by atoms with Crippen molar-refractivity contribution in [2.75, 3.05) is 0 Å². The lowest BCUT2D eigenvalue weighted by Crippen LogP contribution is -2.41. The Balaban J connectivity index is 0.000000980. The van der Waals surface area contributed by atoms with E-state index in [2.05, 4.69) is 12.2 Å². The van der Waals surface area contributed by atoms with Gasteiger partial charge in [0.05, 0.1) is 0 Å². The highest BCUT2D eigenvalue weighted by molar-refractivity contribution is 5.79. The van der Waals surface area contributed by atoms with Crippen LogP contribution >= 0.6 is 0 Å². The molecule has 1 atom stereocenters. The second kappa shape index (κ2) is 3.00. The smallest absolute Gasteiger partial charge is 0.223 e. The molecule has 0 heterocycles. The summed E-state index contributed by atoms with van der Waals surface area (Å²) in [6, 6.07) is 0. The molecule has 1 unspecified atom stereocenters. The van der Waals surface area contributed by atoms with Crippen molar-refractivity contribution < 1.29 is 6.22 Å². The quantitative estimate of drug-likeness (QED) is 0.712. The van der Waals surface area contributed by atoms with Gasteiger partial charge in [0.1, 0.15) is 0 Å². The molecule has 0 aromatic heterocycles. The van der Waals surface area contributed by atoms with E-state index in [0.29, 0.717) is 0 Å². The molecule has 2 aliphatic rings. The highest BCUT2D eigenvalue weighted by Crippen LogP contribution is 2.53. The number of hydrogen-bond acceptors (Lipinski definition) is 1. The van der Waals surface area contributed by atoms with Crippen molar-refractivity contribution in [3.05, 3.63) is 0 Å². The monoisotopic (exact) mass is 183 g/mol. The first-order valence-corrected chi connectivity index (χ1v) is 5.50. The first kappa shape index (κ1) is 9.04. The number of amides is 1. The molecule has 0 saturated heterocycles. The molecule has 0 bridgehead atoms. The van der Waals surface area contributed by atoms with Crippen molar-refractivity contribution in [1.29, 1.82) is 0 Å². The van der Waals surface area contributed by atoms with Crippen molar-refractivity contribution in [1.82, 2.24) is 5.32 Å². The fraction of sp³-hybridized carbons (Fsp3) is 0.909. The van der Waals surface area contributed by atoms with Crippen LogP contribution < -0.4 is 5.32 Å². The summed E-state index contributed by atoms with van der Waals surface area (Å²) in [4.78, 5) is 11.7. The molecule has 2 aliphatic carbocycles. The second-order valence-electron chi connectivity index (χ2n) is 4.73. The van der Waals surface area contributed by atoms with E-state index in [1.807, 2.05) is 6.92 Å². The molecule has 0 spiro atoms. The summed E-state index contributed by atoms with van der Waals surface area (Å²) in [6.07, 6.45) is 6.06. The largest absolute Gasteiger partial charge is 0.350 e. The van der Waals surface area contributed by atoms with E-state index in [1.54, 1.807) is 0 Å². The van der Waals surface area contributed by atoms with Crippen LogP contribution in [0.15, 0.2) is 0 Å². The van der Waals surface area contributed by atoms with Gasteiger partial charge in [0, 0.05) is 12.9 Å². The molecule has 1 amide bonds. The maximum absolute atomic E-state index is 11.7. The zero-order chi connectivity index (χ0) is 9.47. The molecule has 0 aromatic carbocycles. The highest BCUT2D eigenvalue weighted by Gasteiger charge is 2.54. The third kappa shape index (κ3) is 1.72. The van der Waals surface area contributed by atoms with Gasteiger partial charge < -0.3 is 5.32 Å². The number of carbonyl (C=O) groups is 1. The average molecular weight is 183 g/mol. The topological polar surface area (TPSA) is 29.1 Å². The number of hydrogen-bond donors (Lipinski definition) is 1. The Labute approximate surface area is 81.6 Å². The standard InChI is InChI=1S/C11H19NO.H2/c1-3-8(2)10(13)12-11(6-7-11)9-4-5-9;/h8-9H,3-7H2,1-2H3,(H,12,13);1H. The SMILES string of the molecule is CCC(C)C(=O)NC1(C2CC2)CC1.[HH]. The first-order valence-electron chi connectivity index (χ1n) is 5.50. The van der Waals surface area contributed by atoms with Gasteiger partial charge in [-0.25, -0.2) is 0 Å². The van der Waals surface area contributed by atoms with Crippen LogP contribution in [0.4, 0.5) is 0 Å². The Hall–Kier alpha value is -0.530. The Bertz CT molecular complexity index is 221. The molecule has 0 aliphatic heterocycles. The minimum absolute atomic E-state index is 0. The van der Waals surface area contributed by atoms with Crippen LogP contribution in [0.2, 0.25) is 0 Å². The molecule has 2 rings (SSSR count). The lowest BCUT2D eigenvalue weighted by atomic mass is 10.1. The summed E-state index contributed by atoms with van der Waals surface area (Å²) in [7, 11) is 0. The highest BCUT2D eigenvalue weighted by atomic mass is 16.2. The van der Waals surface area contributed by atoms with E-state index in [4.69, 9.17) is 0 Å². The van der Waals surface area contributed by atoms with Gasteiger partial charge in [-0.15, -0.1) is 0 Å². The predicted molar refractivity (Wildman–Crippen MR) is 54.4 cm³/mol. The number of carbonyl (C=O) groups excluding carboxylic acids is 1. The van der Waals surface area contributed by atoms with E-state index in [-0.39, 0.29) is 18.8 Å². The molecule has 1 N–H and O–H groups in total. The summed E-state index contributed by atoms with van der Waals surface area (Å²) in [5, 5.41) is 3.24. The van der Waals surface area contributed by atoms with Crippen molar-refractivity contribution in [2.45, 2.75) is 51.5 Å². The van der Waals surface area contributed by atoms with Crippen LogP contribution in [0, 0.1) is 11.8 Å². The molecule has 13 heavy (non-hydrogen) atoms. The fourth-order valence-electron chi connectivity index (χ4n) is 1.96. The normalized spacial score (nSPS) is 26.6. The maximum Gasteiger partial charge on any atom is 0.223 e. The molecule has 2 nitrogen and oxygen atoms in total. The van der Waals surface area contributed by atoms with E-state index in [9.17, 15) is 4.79 Å². The summed E-state index contributed by atoms with van der Waals surface area (Å²) < 4.78 is 0. The van der Waals surface area contributed by atoms with Gasteiger partial charge >= 0.3 is 0 Å². The first-order chi connectivity index (χ1) is 6.18. The minimum Gasteiger partial charge on any atom is -0.350 e. The third-order valence-electron chi connectivity index (χ3n) is 3.58. The van der Waals surface area contributed by atoms with Gasteiger partial charge in [0.15, 0.2) is 0 Å². The molecular formula is C11H21NO. The van der Waals surface area contributed by atoms with E-state index in [0.717, 1.165) is 12.3 Å². The Kier molecular flexibility index (Phi) is 2.09. The second-order valence-corrected chi connectivity index (χ2v) is 4.73. The lowest BCUT2D eigenvalue weighted by Gasteiger charge is -2.19. The van der Waals surface area contributed by atoms with E-state index < -0.39 is 0 Å². The summed E-state index contributed by atoms with van der Waals surface area (Å²) in [5.41, 5.74) is 0.264. The molecule has 0 aromatic rings. The fourth-order valence-corrected chi connectivity index (χ4v) is 1.96. The van der Waals surface area contributed by atoms with Crippen molar-refractivity contribution in [2.24, 2.45) is 11.8 Å². The molecule has 76 valence electrons. The Morgan fingerprint density at radius 3 is 2.62 bits per heavy atom. The van der Waals surface area contributed by atoms with Crippen LogP contribution in [0.25, 0.3) is 0 Å². The summed E-state index contributed by atoms with van der Waals surface area (Å²) >= 11 is 0. The van der Waals surface area contributed by atoms with Crippen LogP contribution in [0.3, 0.4) is 0 Å². The molecule has 2 fully saturated rings. The van der Waals surface area contributed by atoms with Gasteiger partial charge in [-0.1, -0.05) is 13.8 Å². The molecule has 0 radical (unpaired) electrons. The van der Waals surface area contributed by atoms with Gasteiger partial charge in [-0.05, 0) is 38.0 Å². The van der Waals surface area contributed by atoms with Crippen LogP contribution in [0.5, 0.6) is 0 Å². The minimum atomic E-state index is 0. The van der Waals surface area contributed by atoms with Gasteiger partial charge in [0.2, 0.25) is 5.91 Å². The van der Waals surface area contributed by atoms with E-state index >= 15 is 0 Å². The Morgan fingerprint density at radius 1 is 1.62 bits per heavy atom. The van der Waals surface area contributed by atoms with Gasteiger partial charge in [-0.2, -0.15) is 0 Å². The van der Waals surface area contributed by atoms with Gasteiger partial charge in [0.25, 0.3) is 0 Å². The molecular weight excluding hydrogens is 162 g/mol. The zero-order valence-corrected chi connectivity index (χ0v) is 8.60. The van der Waals surface area contributed by atoms with Crippen molar-refractivity contribution in [3.8, 4) is 0 Å². The summed E-state index contributed by atoms with van der Waals surface area (Å²) in [6.45, 7) is 4.08. The number of rotatable bonds is 4. The maximum atomic E-state index is 11.7. The van der Waals surface area contributed by atoms with Crippen molar-refractivity contribution >= 4 is 5.91 Å². The number of nitrogens with one attached hydrogen (secondary N) is 1. The predicted octanol–water partition coefficient (Wildman–Crippen LogP) is 2.34. The third-order valence-corrected chi connectivity index (χ3v) is 3.58.